The Morgan fingerprint density at radius 2 is 1.33 bits per heavy atom. The summed E-state index contributed by atoms with van der Waals surface area (Å²) in [5.74, 6) is -0.468. The molecule has 0 heterocycles. The molecule has 0 atom stereocenters. The van der Waals surface area contributed by atoms with Gasteiger partial charge in [0.2, 0.25) is 0 Å². The van der Waals surface area contributed by atoms with Crippen molar-refractivity contribution in [2.45, 2.75) is 6.92 Å². The summed E-state index contributed by atoms with van der Waals surface area (Å²) in [7, 11) is 0. The average molecular weight is 284 g/mol. The van der Waals surface area contributed by atoms with E-state index in [0.717, 1.165) is 0 Å². The maximum atomic E-state index is 12.8. The van der Waals surface area contributed by atoms with Gasteiger partial charge in [-0.15, -0.1) is 0 Å². The molecule has 0 aliphatic heterocycles. The highest BCUT2D eigenvalue weighted by atomic mass is 16.1. The monoisotopic (exact) mass is 284 g/mol. The van der Waals surface area contributed by atoms with E-state index in [1.807, 2.05) is 0 Å². The summed E-state index contributed by atoms with van der Waals surface area (Å²) in [6.45, 7) is 1.68. The zero-order valence-corrected chi connectivity index (χ0v) is 11.5. The number of carbonyl (C=O) groups excluding carboxylic acids is 2. The molecule has 0 spiro atoms. The second-order valence-electron chi connectivity index (χ2n) is 4.72. The number of benzene rings is 2. The summed E-state index contributed by atoms with van der Waals surface area (Å²) >= 11 is 0. The molecule has 0 saturated carbocycles. The quantitative estimate of drug-likeness (QED) is 0.381. The molecule has 0 bridgehead atoms. The van der Waals surface area contributed by atoms with Gasteiger partial charge in [0.05, 0.1) is 16.7 Å². The van der Waals surface area contributed by atoms with E-state index < -0.39 is 5.78 Å². The number of rotatable bonds is 3. The second kappa shape index (κ2) is 5.16. The van der Waals surface area contributed by atoms with E-state index in [0.29, 0.717) is 17.5 Å². The van der Waals surface area contributed by atoms with Crippen molar-refractivity contribution in [3.8, 4) is 0 Å². The van der Waals surface area contributed by atoms with Gasteiger partial charge in [-0.2, -0.15) is 0 Å². The summed E-state index contributed by atoms with van der Waals surface area (Å²) in [5.41, 5.74) is 25.2. The molecular weight excluding hydrogens is 268 g/mol. The van der Waals surface area contributed by atoms with Crippen molar-refractivity contribution in [1.29, 1.82) is 0 Å². The molecule has 0 aliphatic carbocycles. The van der Waals surface area contributed by atoms with Gasteiger partial charge in [0, 0.05) is 22.7 Å². The third-order valence-electron chi connectivity index (χ3n) is 3.42. The van der Waals surface area contributed by atoms with Crippen molar-refractivity contribution in [2.24, 2.45) is 0 Å². The van der Waals surface area contributed by atoms with E-state index in [9.17, 15) is 9.59 Å². The smallest absolute Gasteiger partial charge is 0.198 e. The van der Waals surface area contributed by atoms with Crippen molar-refractivity contribution in [2.75, 3.05) is 22.9 Å². The summed E-state index contributed by atoms with van der Waals surface area (Å²) in [6.07, 6.45) is 0.511. The number of hydrogen-bond donors (Lipinski definition) is 4. The Morgan fingerprint density at radius 1 is 0.857 bits per heavy atom. The zero-order chi connectivity index (χ0) is 15.7. The maximum Gasteiger partial charge on any atom is 0.198 e. The first-order valence-electron chi connectivity index (χ1n) is 6.20. The molecule has 2 aromatic carbocycles. The number of aldehydes is 1. The van der Waals surface area contributed by atoms with Crippen molar-refractivity contribution in [3.63, 3.8) is 0 Å². The van der Waals surface area contributed by atoms with E-state index in [4.69, 9.17) is 22.9 Å². The summed E-state index contributed by atoms with van der Waals surface area (Å²) in [6, 6.07) is 6.11. The first-order valence-corrected chi connectivity index (χ1v) is 6.20. The number of nitrogens with two attached hydrogens (primary N) is 4. The normalized spacial score (nSPS) is 10.3. The summed E-state index contributed by atoms with van der Waals surface area (Å²) in [5, 5.41) is 0. The van der Waals surface area contributed by atoms with Crippen LogP contribution in [0.5, 0.6) is 0 Å². The van der Waals surface area contributed by atoms with Gasteiger partial charge < -0.3 is 22.9 Å². The standard InChI is InChI=1S/C15H16N4O2/c1-7-9(16)2-4-11(18)13(7)15(21)14-8(6-20)10(17)3-5-12(14)19/h2-6H,16-19H2,1H3. The topological polar surface area (TPSA) is 138 Å². The second-order valence-corrected chi connectivity index (χ2v) is 4.72. The Morgan fingerprint density at radius 3 is 1.90 bits per heavy atom. The van der Waals surface area contributed by atoms with Crippen LogP contribution in [0.1, 0.15) is 31.8 Å². The molecule has 0 saturated heterocycles. The van der Waals surface area contributed by atoms with Gasteiger partial charge in [-0.05, 0) is 36.8 Å². The molecule has 108 valence electrons. The molecule has 0 amide bonds. The molecule has 2 rings (SSSR count). The van der Waals surface area contributed by atoms with Crippen LogP contribution in [0.4, 0.5) is 22.7 Å². The van der Waals surface area contributed by atoms with Gasteiger partial charge in [-0.25, -0.2) is 0 Å². The number of anilines is 4. The van der Waals surface area contributed by atoms with Gasteiger partial charge in [0.25, 0.3) is 0 Å². The van der Waals surface area contributed by atoms with Crippen LogP contribution in [0.25, 0.3) is 0 Å². The third-order valence-corrected chi connectivity index (χ3v) is 3.42. The van der Waals surface area contributed by atoms with Crippen molar-refractivity contribution < 1.29 is 9.59 Å². The molecule has 6 heteroatoms. The molecular formula is C15H16N4O2. The van der Waals surface area contributed by atoms with Crippen LogP contribution < -0.4 is 22.9 Å². The molecule has 0 aromatic heterocycles. The Kier molecular flexibility index (Phi) is 3.54. The zero-order valence-electron chi connectivity index (χ0n) is 11.5. The van der Waals surface area contributed by atoms with Gasteiger partial charge in [0.15, 0.2) is 12.1 Å². The molecule has 21 heavy (non-hydrogen) atoms. The van der Waals surface area contributed by atoms with Crippen molar-refractivity contribution >= 4 is 34.8 Å². The number of carbonyl (C=O) groups is 2. The third kappa shape index (κ3) is 2.27. The minimum absolute atomic E-state index is 0.0467. The fourth-order valence-electron chi connectivity index (χ4n) is 2.21. The van der Waals surface area contributed by atoms with Crippen LogP contribution in [0.15, 0.2) is 24.3 Å². The first kappa shape index (κ1) is 14.4. The highest BCUT2D eigenvalue weighted by Crippen LogP contribution is 2.30. The molecule has 2 aromatic rings. The predicted octanol–water partition coefficient (Wildman–Crippen LogP) is 1.37. The molecule has 0 aliphatic rings. The van der Waals surface area contributed by atoms with Gasteiger partial charge >= 0.3 is 0 Å². The van der Waals surface area contributed by atoms with E-state index >= 15 is 0 Å². The van der Waals surface area contributed by atoms with E-state index in [1.165, 1.54) is 12.1 Å². The lowest BCUT2D eigenvalue weighted by molar-refractivity contribution is 0.103. The first-order chi connectivity index (χ1) is 9.88. The fraction of sp³-hybridized carbons (Fsp3) is 0.0667. The summed E-state index contributed by atoms with van der Waals surface area (Å²) in [4.78, 5) is 24.0. The lowest BCUT2D eigenvalue weighted by Gasteiger charge is -2.14. The van der Waals surface area contributed by atoms with Crippen molar-refractivity contribution in [1.82, 2.24) is 0 Å². The Balaban J connectivity index is 2.75. The van der Waals surface area contributed by atoms with Crippen LogP contribution >= 0.6 is 0 Å². The Hall–Kier alpha value is -3.02. The minimum Gasteiger partial charge on any atom is -0.398 e. The number of ketones is 1. The largest absolute Gasteiger partial charge is 0.398 e. The Bertz CT molecular complexity index is 754. The van der Waals surface area contributed by atoms with E-state index in [-0.39, 0.29) is 33.8 Å². The van der Waals surface area contributed by atoms with Crippen LogP contribution in [-0.2, 0) is 0 Å². The SMILES string of the molecule is Cc1c(N)ccc(N)c1C(=O)c1c(N)ccc(N)c1C=O. The Labute approximate surface area is 121 Å². The van der Waals surface area contributed by atoms with Crippen LogP contribution in [0.2, 0.25) is 0 Å². The molecule has 0 unspecified atom stereocenters. The lowest BCUT2D eigenvalue weighted by atomic mass is 9.92. The van der Waals surface area contributed by atoms with Crippen LogP contribution in [-0.4, -0.2) is 12.1 Å². The maximum absolute atomic E-state index is 12.8. The van der Waals surface area contributed by atoms with E-state index in [2.05, 4.69) is 0 Å². The van der Waals surface area contributed by atoms with Crippen molar-refractivity contribution in [3.05, 3.63) is 46.5 Å². The molecule has 0 fully saturated rings. The average Bonchev–Trinajstić information content (AvgIpc) is 2.45. The molecule has 0 radical (unpaired) electrons. The van der Waals surface area contributed by atoms with Crippen LogP contribution in [0.3, 0.4) is 0 Å². The fourth-order valence-corrected chi connectivity index (χ4v) is 2.21. The van der Waals surface area contributed by atoms with Gasteiger partial charge in [0.1, 0.15) is 0 Å². The van der Waals surface area contributed by atoms with Gasteiger partial charge in [-0.3, -0.25) is 9.59 Å². The molecule has 6 nitrogen and oxygen atoms in total. The highest BCUT2D eigenvalue weighted by molar-refractivity contribution is 6.20. The minimum atomic E-state index is -0.468. The molecule has 8 N–H and O–H groups in total. The van der Waals surface area contributed by atoms with Gasteiger partial charge in [-0.1, -0.05) is 0 Å². The lowest BCUT2D eigenvalue weighted by Crippen LogP contribution is -2.15. The van der Waals surface area contributed by atoms with E-state index in [1.54, 1.807) is 19.1 Å². The highest BCUT2D eigenvalue weighted by Gasteiger charge is 2.23. The summed E-state index contributed by atoms with van der Waals surface area (Å²) < 4.78 is 0. The number of hydrogen-bond acceptors (Lipinski definition) is 6. The predicted molar refractivity (Wildman–Crippen MR) is 84.1 cm³/mol. The van der Waals surface area contributed by atoms with Crippen LogP contribution in [0, 0.1) is 6.92 Å². The number of nitrogen functional groups attached to an aromatic ring is 4.